The molecule has 1 aliphatic rings. The fourth-order valence-corrected chi connectivity index (χ4v) is 1.75. The van der Waals surface area contributed by atoms with Gasteiger partial charge in [-0.1, -0.05) is 13.8 Å². The zero-order valence-corrected chi connectivity index (χ0v) is 7.58. The van der Waals surface area contributed by atoms with Crippen LogP contribution in [-0.2, 0) is 0 Å². The van der Waals surface area contributed by atoms with Gasteiger partial charge in [-0.2, -0.15) is 0 Å². The van der Waals surface area contributed by atoms with Crippen molar-refractivity contribution in [2.45, 2.75) is 39.3 Å². The van der Waals surface area contributed by atoms with Crippen molar-refractivity contribution in [1.82, 2.24) is 4.90 Å². The largest absolute Gasteiger partial charge is 0.378 e. The Morgan fingerprint density at radius 2 is 2.36 bits per heavy atom. The molecule has 0 radical (unpaired) electrons. The number of likely N-dealkylation sites (tertiary alicyclic amines) is 1. The first kappa shape index (κ1) is 9.01. The van der Waals surface area contributed by atoms with E-state index in [9.17, 15) is 5.11 Å². The Morgan fingerprint density at radius 3 is 2.91 bits per heavy atom. The normalized spacial score (nSPS) is 30.3. The van der Waals surface area contributed by atoms with E-state index in [1.807, 2.05) is 6.92 Å². The molecular weight excluding hydrogens is 138 g/mol. The van der Waals surface area contributed by atoms with Gasteiger partial charge < -0.3 is 5.11 Å². The molecule has 0 spiro atoms. The number of hydrogen-bond acceptors (Lipinski definition) is 2. The summed E-state index contributed by atoms with van der Waals surface area (Å²) in [6.07, 6.45) is 3.23. The van der Waals surface area contributed by atoms with Gasteiger partial charge in [0.05, 0.1) is 0 Å². The molecule has 1 N–H and O–H groups in total. The van der Waals surface area contributed by atoms with E-state index < -0.39 is 0 Å². The zero-order valence-electron chi connectivity index (χ0n) is 7.58. The lowest BCUT2D eigenvalue weighted by Gasteiger charge is -2.33. The molecule has 0 aliphatic carbocycles. The lowest BCUT2D eigenvalue weighted by Crippen LogP contribution is -2.41. The van der Waals surface area contributed by atoms with Gasteiger partial charge in [0.1, 0.15) is 6.23 Å². The van der Waals surface area contributed by atoms with Crippen molar-refractivity contribution in [2.24, 2.45) is 5.92 Å². The molecule has 0 amide bonds. The van der Waals surface area contributed by atoms with Gasteiger partial charge in [-0.15, -0.1) is 0 Å². The van der Waals surface area contributed by atoms with Gasteiger partial charge in [-0.25, -0.2) is 0 Å². The molecular formula is C9H19NO. The Kier molecular flexibility index (Phi) is 3.34. The predicted octanol–water partition coefficient (Wildman–Crippen LogP) is 1.45. The third-order valence-electron chi connectivity index (χ3n) is 2.48. The Bertz CT molecular complexity index is 116. The van der Waals surface area contributed by atoms with Crippen LogP contribution in [0.5, 0.6) is 0 Å². The maximum absolute atomic E-state index is 9.53. The highest BCUT2D eigenvalue weighted by Gasteiger charge is 2.20. The molecule has 1 aliphatic heterocycles. The van der Waals surface area contributed by atoms with Crippen LogP contribution >= 0.6 is 0 Å². The highest BCUT2D eigenvalue weighted by molar-refractivity contribution is 4.71. The number of aliphatic hydroxyl groups excluding tert-OH is 1. The van der Waals surface area contributed by atoms with E-state index >= 15 is 0 Å². The molecule has 0 aromatic heterocycles. The lowest BCUT2D eigenvalue weighted by molar-refractivity contribution is -0.0214. The summed E-state index contributed by atoms with van der Waals surface area (Å²) in [6.45, 7) is 6.45. The van der Waals surface area contributed by atoms with Gasteiger partial charge in [0.25, 0.3) is 0 Å². The molecule has 0 saturated carbocycles. The summed E-state index contributed by atoms with van der Waals surface area (Å²) in [7, 11) is 0. The molecule has 66 valence electrons. The van der Waals surface area contributed by atoms with E-state index in [-0.39, 0.29) is 6.23 Å². The van der Waals surface area contributed by atoms with E-state index in [0.29, 0.717) is 0 Å². The minimum absolute atomic E-state index is 0.197. The van der Waals surface area contributed by atoms with Gasteiger partial charge in [-0.05, 0) is 25.2 Å². The van der Waals surface area contributed by atoms with Crippen molar-refractivity contribution >= 4 is 0 Å². The fourth-order valence-electron chi connectivity index (χ4n) is 1.75. The number of nitrogens with zero attached hydrogens (tertiary/aromatic N) is 1. The highest BCUT2D eigenvalue weighted by Crippen LogP contribution is 2.17. The maximum Gasteiger partial charge on any atom is 0.107 e. The van der Waals surface area contributed by atoms with Gasteiger partial charge in [0.15, 0.2) is 0 Å². The second-order valence-electron chi connectivity index (χ2n) is 3.63. The van der Waals surface area contributed by atoms with Crippen LogP contribution in [-0.4, -0.2) is 29.3 Å². The molecule has 1 fully saturated rings. The first-order valence-electron chi connectivity index (χ1n) is 4.66. The van der Waals surface area contributed by atoms with Crippen LogP contribution in [0, 0.1) is 5.92 Å². The molecule has 0 bridgehead atoms. The van der Waals surface area contributed by atoms with Crippen LogP contribution in [0.3, 0.4) is 0 Å². The van der Waals surface area contributed by atoms with Crippen molar-refractivity contribution in [3.63, 3.8) is 0 Å². The van der Waals surface area contributed by atoms with E-state index in [0.717, 1.165) is 25.4 Å². The van der Waals surface area contributed by atoms with Crippen molar-refractivity contribution in [3.8, 4) is 0 Å². The highest BCUT2D eigenvalue weighted by atomic mass is 16.3. The standard InChI is InChI=1S/C9H19NO/c1-3-9(11)10-6-4-5-8(2)7-10/h8-9,11H,3-7H2,1-2H3/t8-,9?/m0/s1. The van der Waals surface area contributed by atoms with Crippen LogP contribution in [0.1, 0.15) is 33.1 Å². The molecule has 2 heteroatoms. The second-order valence-corrected chi connectivity index (χ2v) is 3.63. The topological polar surface area (TPSA) is 23.5 Å². The van der Waals surface area contributed by atoms with E-state index in [1.54, 1.807) is 0 Å². The number of aliphatic hydroxyl groups is 1. The maximum atomic E-state index is 9.53. The van der Waals surface area contributed by atoms with Crippen LogP contribution in [0.2, 0.25) is 0 Å². The van der Waals surface area contributed by atoms with E-state index in [4.69, 9.17) is 0 Å². The second kappa shape index (κ2) is 4.07. The SMILES string of the molecule is CCC(O)N1CCC[C@H](C)C1. The van der Waals surface area contributed by atoms with Crippen LogP contribution in [0.25, 0.3) is 0 Å². The summed E-state index contributed by atoms with van der Waals surface area (Å²) in [4.78, 5) is 2.19. The number of rotatable bonds is 2. The summed E-state index contributed by atoms with van der Waals surface area (Å²) < 4.78 is 0. The van der Waals surface area contributed by atoms with Crippen LogP contribution < -0.4 is 0 Å². The average Bonchev–Trinajstić information content (AvgIpc) is 2.03. The number of piperidine rings is 1. The van der Waals surface area contributed by atoms with Crippen molar-refractivity contribution < 1.29 is 5.11 Å². The van der Waals surface area contributed by atoms with Crippen LogP contribution in [0.15, 0.2) is 0 Å². The van der Waals surface area contributed by atoms with Crippen molar-refractivity contribution in [2.75, 3.05) is 13.1 Å². The summed E-state index contributed by atoms with van der Waals surface area (Å²) in [6, 6.07) is 0. The first-order valence-corrected chi connectivity index (χ1v) is 4.66. The molecule has 0 aromatic carbocycles. The predicted molar refractivity (Wildman–Crippen MR) is 46.3 cm³/mol. The minimum atomic E-state index is -0.197. The summed E-state index contributed by atoms with van der Waals surface area (Å²) in [5, 5.41) is 9.53. The molecule has 0 aromatic rings. The van der Waals surface area contributed by atoms with Crippen LogP contribution in [0.4, 0.5) is 0 Å². The molecule has 1 heterocycles. The monoisotopic (exact) mass is 157 g/mol. The zero-order chi connectivity index (χ0) is 8.27. The Balaban J connectivity index is 2.33. The lowest BCUT2D eigenvalue weighted by atomic mass is 10.00. The average molecular weight is 157 g/mol. The summed E-state index contributed by atoms with van der Waals surface area (Å²) in [5.74, 6) is 0.768. The molecule has 1 rings (SSSR count). The van der Waals surface area contributed by atoms with Gasteiger partial charge >= 0.3 is 0 Å². The van der Waals surface area contributed by atoms with Gasteiger partial charge in [0.2, 0.25) is 0 Å². The Hall–Kier alpha value is -0.0800. The molecule has 11 heavy (non-hydrogen) atoms. The Labute approximate surface area is 69.2 Å². The smallest absolute Gasteiger partial charge is 0.107 e. The van der Waals surface area contributed by atoms with Crippen molar-refractivity contribution in [3.05, 3.63) is 0 Å². The summed E-state index contributed by atoms with van der Waals surface area (Å²) >= 11 is 0. The third kappa shape index (κ3) is 2.46. The fraction of sp³-hybridized carbons (Fsp3) is 1.00. The third-order valence-corrected chi connectivity index (χ3v) is 2.48. The summed E-state index contributed by atoms with van der Waals surface area (Å²) in [5.41, 5.74) is 0. The molecule has 2 nitrogen and oxygen atoms in total. The van der Waals surface area contributed by atoms with Crippen molar-refractivity contribution in [1.29, 1.82) is 0 Å². The van der Waals surface area contributed by atoms with E-state index in [2.05, 4.69) is 11.8 Å². The molecule has 1 saturated heterocycles. The quantitative estimate of drug-likeness (QED) is 0.655. The number of hydrogen-bond donors (Lipinski definition) is 1. The van der Waals surface area contributed by atoms with Gasteiger partial charge in [0, 0.05) is 13.1 Å². The molecule has 1 unspecified atom stereocenters. The van der Waals surface area contributed by atoms with Gasteiger partial charge in [-0.3, -0.25) is 4.90 Å². The first-order chi connectivity index (χ1) is 5.24. The van der Waals surface area contributed by atoms with E-state index in [1.165, 1.54) is 12.8 Å². The Morgan fingerprint density at radius 1 is 1.64 bits per heavy atom. The minimum Gasteiger partial charge on any atom is -0.378 e. The molecule has 2 atom stereocenters.